The first kappa shape index (κ1) is 15.7. The molecule has 3 heterocycles. The molecule has 4 N–H and O–H groups in total. The van der Waals surface area contributed by atoms with Crippen molar-refractivity contribution in [2.45, 2.75) is 25.4 Å². The molecule has 0 saturated carbocycles. The van der Waals surface area contributed by atoms with Crippen molar-refractivity contribution in [1.82, 2.24) is 19.7 Å². The highest BCUT2D eigenvalue weighted by molar-refractivity contribution is 6.05. The number of rotatable bonds is 4. The van der Waals surface area contributed by atoms with Gasteiger partial charge in [-0.25, -0.2) is 4.68 Å². The van der Waals surface area contributed by atoms with Gasteiger partial charge in [0, 0.05) is 32.0 Å². The van der Waals surface area contributed by atoms with Crippen LogP contribution in [0.25, 0.3) is 10.9 Å². The van der Waals surface area contributed by atoms with Crippen LogP contribution in [0.15, 0.2) is 41.5 Å². The Morgan fingerprint density at radius 1 is 1.24 bits per heavy atom. The first-order valence-electron chi connectivity index (χ1n) is 8.50. The Bertz CT molecular complexity index is 946. The highest BCUT2D eigenvalue weighted by Gasteiger charge is 2.24. The fraction of sp³-hybridized carbons (Fsp3) is 0.333. The molecule has 0 spiro atoms. The molecular weight excluding hydrogens is 318 g/mol. The summed E-state index contributed by atoms with van der Waals surface area (Å²) in [5.41, 5.74) is 7.46. The molecule has 2 aromatic heterocycles. The summed E-state index contributed by atoms with van der Waals surface area (Å²) in [7, 11) is 0. The number of hydrogen-bond donors (Lipinski definition) is 3. The third kappa shape index (κ3) is 2.87. The molecule has 0 aliphatic carbocycles. The Morgan fingerprint density at radius 2 is 2.04 bits per heavy atom. The van der Waals surface area contributed by atoms with Crippen LogP contribution in [0.5, 0.6) is 0 Å². The second-order valence-corrected chi connectivity index (χ2v) is 6.61. The number of nitrogens with two attached hydrogens (primary N) is 1. The topological polar surface area (TPSA) is 99.9 Å². The molecule has 7 nitrogen and oxygen atoms in total. The lowest BCUT2D eigenvalue weighted by Crippen LogP contribution is -2.36. The average Bonchev–Trinajstić information content (AvgIpc) is 3.24. The van der Waals surface area contributed by atoms with E-state index < -0.39 is 5.91 Å². The Hall–Kier alpha value is -2.80. The molecule has 1 aliphatic rings. The van der Waals surface area contributed by atoms with Crippen LogP contribution >= 0.6 is 0 Å². The van der Waals surface area contributed by atoms with Crippen LogP contribution in [0.4, 0.5) is 0 Å². The molecule has 0 unspecified atom stereocenters. The van der Waals surface area contributed by atoms with Crippen LogP contribution < -0.4 is 11.3 Å². The molecule has 25 heavy (non-hydrogen) atoms. The maximum Gasteiger partial charge on any atom is 0.275 e. The fourth-order valence-electron chi connectivity index (χ4n) is 3.69. The molecule has 1 saturated heterocycles. The van der Waals surface area contributed by atoms with E-state index in [1.165, 1.54) is 5.56 Å². The van der Waals surface area contributed by atoms with E-state index in [4.69, 9.17) is 5.73 Å². The lowest BCUT2D eigenvalue weighted by molar-refractivity contribution is 0.100. The molecule has 0 bridgehead atoms. The number of amides is 1. The van der Waals surface area contributed by atoms with Crippen molar-refractivity contribution in [2.24, 2.45) is 5.73 Å². The Kier molecular flexibility index (Phi) is 3.93. The number of carbonyl (C=O) groups is 1. The van der Waals surface area contributed by atoms with Gasteiger partial charge in [-0.3, -0.25) is 19.6 Å². The van der Waals surface area contributed by atoms with Crippen molar-refractivity contribution >= 4 is 16.8 Å². The smallest absolute Gasteiger partial charge is 0.275 e. The van der Waals surface area contributed by atoms with Gasteiger partial charge in [0.2, 0.25) is 5.91 Å². The first-order valence-corrected chi connectivity index (χ1v) is 8.50. The highest BCUT2D eigenvalue weighted by atomic mass is 16.1. The maximum absolute atomic E-state index is 12.8. The van der Waals surface area contributed by atoms with E-state index in [-0.39, 0.29) is 17.2 Å². The lowest BCUT2D eigenvalue weighted by atomic mass is 10.0. The highest BCUT2D eigenvalue weighted by Crippen LogP contribution is 2.23. The summed E-state index contributed by atoms with van der Waals surface area (Å²) in [6.45, 7) is 2.78. The summed E-state index contributed by atoms with van der Waals surface area (Å²) >= 11 is 0. The van der Waals surface area contributed by atoms with Crippen LogP contribution in [-0.4, -0.2) is 38.7 Å². The van der Waals surface area contributed by atoms with Crippen LogP contribution in [0.2, 0.25) is 0 Å². The SMILES string of the molecule is NC(=O)c1cccc2[nH]n(C3CCN(Cc4cc[nH]c4)CC3)c(=O)c12. The fourth-order valence-corrected chi connectivity index (χ4v) is 3.69. The Labute approximate surface area is 144 Å². The van der Waals surface area contributed by atoms with Crippen LogP contribution in [0.1, 0.15) is 34.8 Å². The van der Waals surface area contributed by atoms with Crippen molar-refractivity contribution in [3.05, 3.63) is 58.1 Å². The molecule has 1 amide bonds. The minimum Gasteiger partial charge on any atom is -0.367 e. The van der Waals surface area contributed by atoms with Gasteiger partial charge in [0.15, 0.2) is 0 Å². The van der Waals surface area contributed by atoms with Gasteiger partial charge in [0.1, 0.15) is 0 Å². The monoisotopic (exact) mass is 339 g/mol. The van der Waals surface area contributed by atoms with Gasteiger partial charge in [-0.05, 0) is 36.6 Å². The van der Waals surface area contributed by atoms with Crippen LogP contribution in [0, 0.1) is 0 Å². The number of nitrogens with zero attached hydrogens (tertiary/aromatic N) is 2. The van der Waals surface area contributed by atoms with Crippen molar-refractivity contribution in [3.63, 3.8) is 0 Å². The van der Waals surface area contributed by atoms with Gasteiger partial charge in [0.05, 0.1) is 22.5 Å². The predicted octanol–water partition coefficient (Wildman–Crippen LogP) is 1.59. The third-order valence-electron chi connectivity index (χ3n) is 4.99. The molecule has 1 aromatic carbocycles. The van der Waals surface area contributed by atoms with Crippen molar-refractivity contribution < 1.29 is 4.79 Å². The van der Waals surface area contributed by atoms with Crippen molar-refractivity contribution in [2.75, 3.05) is 13.1 Å². The molecule has 3 aromatic rings. The molecule has 0 radical (unpaired) electrons. The van der Waals surface area contributed by atoms with Gasteiger partial charge in [-0.1, -0.05) is 6.07 Å². The number of nitrogens with one attached hydrogen (secondary N) is 2. The number of aromatic amines is 2. The number of likely N-dealkylation sites (tertiary alicyclic amines) is 1. The zero-order valence-electron chi connectivity index (χ0n) is 13.9. The number of H-pyrrole nitrogens is 2. The minimum atomic E-state index is -0.574. The van der Waals surface area contributed by atoms with E-state index in [0.717, 1.165) is 32.5 Å². The number of primary amides is 1. The normalized spacial score (nSPS) is 16.5. The number of piperidine rings is 1. The van der Waals surface area contributed by atoms with E-state index in [2.05, 4.69) is 21.0 Å². The largest absolute Gasteiger partial charge is 0.367 e. The molecule has 130 valence electrons. The molecule has 1 aliphatic heterocycles. The number of fused-ring (bicyclic) bond motifs is 1. The maximum atomic E-state index is 12.8. The summed E-state index contributed by atoms with van der Waals surface area (Å²) in [6, 6.07) is 7.34. The number of benzene rings is 1. The number of carbonyl (C=O) groups excluding carboxylic acids is 1. The van der Waals surface area contributed by atoms with Gasteiger partial charge >= 0.3 is 0 Å². The van der Waals surface area contributed by atoms with E-state index in [1.54, 1.807) is 22.9 Å². The van der Waals surface area contributed by atoms with E-state index in [1.807, 2.05) is 12.4 Å². The Balaban J connectivity index is 1.55. The number of aromatic nitrogens is 3. The predicted molar refractivity (Wildman–Crippen MR) is 95.4 cm³/mol. The lowest BCUT2D eigenvalue weighted by Gasteiger charge is -2.31. The summed E-state index contributed by atoms with van der Waals surface area (Å²) in [5, 5.41) is 3.56. The van der Waals surface area contributed by atoms with Gasteiger partial charge in [-0.15, -0.1) is 0 Å². The summed E-state index contributed by atoms with van der Waals surface area (Å²) in [4.78, 5) is 29.9. The third-order valence-corrected chi connectivity index (χ3v) is 4.99. The first-order chi connectivity index (χ1) is 12.1. The van der Waals surface area contributed by atoms with Gasteiger partial charge in [-0.2, -0.15) is 0 Å². The molecular formula is C18H21N5O2. The van der Waals surface area contributed by atoms with Crippen LogP contribution in [-0.2, 0) is 6.54 Å². The van der Waals surface area contributed by atoms with E-state index in [0.29, 0.717) is 10.9 Å². The van der Waals surface area contributed by atoms with E-state index in [9.17, 15) is 9.59 Å². The summed E-state index contributed by atoms with van der Waals surface area (Å²) in [6.07, 6.45) is 5.73. The van der Waals surface area contributed by atoms with Gasteiger partial charge < -0.3 is 10.7 Å². The zero-order valence-corrected chi connectivity index (χ0v) is 13.9. The molecule has 7 heteroatoms. The Morgan fingerprint density at radius 3 is 2.72 bits per heavy atom. The molecule has 4 rings (SSSR count). The second kappa shape index (κ2) is 6.25. The summed E-state index contributed by atoms with van der Waals surface area (Å²) in [5.74, 6) is -0.574. The van der Waals surface area contributed by atoms with Crippen molar-refractivity contribution in [1.29, 1.82) is 0 Å². The summed E-state index contributed by atoms with van der Waals surface area (Å²) < 4.78 is 1.67. The number of hydrogen-bond acceptors (Lipinski definition) is 3. The van der Waals surface area contributed by atoms with Gasteiger partial charge in [0.25, 0.3) is 5.56 Å². The molecule has 1 fully saturated rings. The standard InChI is InChI=1S/C18H21N5O2/c19-17(24)14-2-1-3-15-16(14)18(25)23(21-15)13-5-8-22(9-6-13)11-12-4-7-20-10-12/h1-4,7,10,13,20-21H,5-6,8-9,11H2,(H2,19,24). The second-order valence-electron chi connectivity index (χ2n) is 6.61. The van der Waals surface area contributed by atoms with E-state index >= 15 is 0 Å². The molecule has 0 atom stereocenters. The minimum absolute atomic E-state index is 0.114. The van der Waals surface area contributed by atoms with Crippen molar-refractivity contribution in [3.8, 4) is 0 Å². The quantitative estimate of drug-likeness (QED) is 0.673. The average molecular weight is 339 g/mol. The zero-order chi connectivity index (χ0) is 17.4. The van der Waals surface area contributed by atoms with Crippen LogP contribution in [0.3, 0.4) is 0 Å².